The molecule has 2 aromatic rings. The minimum absolute atomic E-state index is 0.713. The molecule has 5 nitrogen and oxygen atoms in total. The molecule has 0 aliphatic carbocycles. The largest absolute Gasteiger partial charge is 0.284 e. The van der Waals surface area contributed by atoms with E-state index < -0.39 is 0 Å². The van der Waals surface area contributed by atoms with Crippen molar-refractivity contribution >= 4 is 18.0 Å². The zero-order valence-electron chi connectivity index (χ0n) is 12.9. The SMILES string of the molecule is Cc1cc(C)n2c(=S)n(CN3CCCCCCC3)nc2n1. The molecule has 0 N–H and O–H groups in total. The molecule has 0 aromatic carbocycles. The van der Waals surface area contributed by atoms with Gasteiger partial charge in [0.25, 0.3) is 5.78 Å². The van der Waals surface area contributed by atoms with Crippen molar-refractivity contribution in [3.63, 3.8) is 0 Å². The molecule has 0 saturated carbocycles. The standard InChI is InChI=1S/C15H23N5S/c1-12-10-13(2)20-14(16-12)17-19(15(20)21)11-18-8-6-4-3-5-7-9-18/h10H,3-9,11H2,1-2H3. The number of hydrogen-bond donors (Lipinski definition) is 0. The maximum atomic E-state index is 5.58. The minimum Gasteiger partial charge on any atom is -0.284 e. The van der Waals surface area contributed by atoms with Gasteiger partial charge >= 0.3 is 0 Å². The first-order chi connectivity index (χ1) is 10.1. The van der Waals surface area contributed by atoms with E-state index >= 15 is 0 Å². The van der Waals surface area contributed by atoms with Crippen LogP contribution in [0.2, 0.25) is 0 Å². The lowest BCUT2D eigenvalue weighted by molar-refractivity contribution is 0.188. The Morgan fingerprint density at radius 1 is 1.10 bits per heavy atom. The van der Waals surface area contributed by atoms with Crippen LogP contribution in [0.1, 0.15) is 43.5 Å². The second-order valence-electron chi connectivity index (χ2n) is 5.98. The summed E-state index contributed by atoms with van der Waals surface area (Å²) in [6.07, 6.45) is 6.61. The highest BCUT2D eigenvalue weighted by Gasteiger charge is 2.13. The molecule has 1 fully saturated rings. The van der Waals surface area contributed by atoms with Gasteiger partial charge in [-0.25, -0.2) is 9.67 Å². The molecule has 1 aliphatic heterocycles. The summed E-state index contributed by atoms with van der Waals surface area (Å²) in [5, 5.41) is 4.60. The number of rotatable bonds is 2. The lowest BCUT2D eigenvalue weighted by atomic mass is 10.1. The van der Waals surface area contributed by atoms with Crippen LogP contribution in [0.15, 0.2) is 6.07 Å². The second-order valence-corrected chi connectivity index (χ2v) is 6.35. The van der Waals surface area contributed by atoms with Crippen molar-refractivity contribution in [2.24, 2.45) is 0 Å². The van der Waals surface area contributed by atoms with E-state index in [2.05, 4.69) is 21.9 Å². The van der Waals surface area contributed by atoms with Crippen LogP contribution >= 0.6 is 12.2 Å². The fraction of sp³-hybridized carbons (Fsp3) is 0.667. The maximum absolute atomic E-state index is 5.58. The molecule has 0 spiro atoms. The van der Waals surface area contributed by atoms with E-state index in [4.69, 9.17) is 12.2 Å². The molecular weight excluding hydrogens is 282 g/mol. The molecule has 1 saturated heterocycles. The van der Waals surface area contributed by atoms with Crippen molar-refractivity contribution in [1.82, 2.24) is 24.1 Å². The Morgan fingerprint density at radius 3 is 2.48 bits per heavy atom. The Kier molecular flexibility index (Phi) is 4.35. The van der Waals surface area contributed by atoms with Crippen LogP contribution in [0.3, 0.4) is 0 Å². The molecule has 2 aromatic heterocycles. The fourth-order valence-corrected chi connectivity index (χ4v) is 3.39. The number of aryl methyl sites for hydroxylation is 2. The Balaban J connectivity index is 1.88. The Hall–Kier alpha value is -1.27. The van der Waals surface area contributed by atoms with Crippen molar-refractivity contribution in [3.05, 3.63) is 22.2 Å². The highest BCUT2D eigenvalue weighted by molar-refractivity contribution is 7.71. The van der Waals surface area contributed by atoms with Crippen molar-refractivity contribution in [2.45, 2.75) is 52.6 Å². The van der Waals surface area contributed by atoms with E-state index in [-0.39, 0.29) is 0 Å². The summed E-state index contributed by atoms with van der Waals surface area (Å²) in [4.78, 5) is 6.95. The van der Waals surface area contributed by atoms with Crippen molar-refractivity contribution in [3.8, 4) is 0 Å². The Morgan fingerprint density at radius 2 is 1.76 bits per heavy atom. The van der Waals surface area contributed by atoms with Gasteiger partial charge in [0, 0.05) is 11.4 Å². The van der Waals surface area contributed by atoms with Gasteiger partial charge in [-0.3, -0.25) is 9.30 Å². The first kappa shape index (κ1) is 14.7. The molecule has 0 amide bonds. The summed E-state index contributed by atoms with van der Waals surface area (Å²) in [6, 6.07) is 2.05. The van der Waals surface area contributed by atoms with Crippen molar-refractivity contribution in [1.29, 1.82) is 0 Å². The van der Waals surface area contributed by atoms with Crippen LogP contribution in [0.4, 0.5) is 0 Å². The minimum atomic E-state index is 0.713. The van der Waals surface area contributed by atoms with Gasteiger partial charge in [-0.2, -0.15) is 0 Å². The lowest BCUT2D eigenvalue weighted by Gasteiger charge is -2.23. The van der Waals surface area contributed by atoms with Crippen LogP contribution in [-0.2, 0) is 6.67 Å². The molecule has 3 heterocycles. The molecule has 6 heteroatoms. The average Bonchev–Trinajstić information content (AvgIpc) is 2.69. The normalized spacial score (nSPS) is 17.8. The molecule has 0 radical (unpaired) electrons. The Bertz CT molecular complexity index is 679. The van der Waals surface area contributed by atoms with E-state index in [1.54, 1.807) is 0 Å². The summed E-state index contributed by atoms with van der Waals surface area (Å²) in [5.41, 5.74) is 2.08. The second kappa shape index (κ2) is 6.23. The average molecular weight is 305 g/mol. The molecule has 0 unspecified atom stereocenters. The van der Waals surface area contributed by atoms with Crippen molar-refractivity contribution in [2.75, 3.05) is 13.1 Å². The zero-order chi connectivity index (χ0) is 14.8. The number of hydrogen-bond acceptors (Lipinski definition) is 4. The monoisotopic (exact) mass is 305 g/mol. The summed E-state index contributed by atoms with van der Waals surface area (Å²) < 4.78 is 4.63. The molecule has 0 atom stereocenters. The predicted octanol–water partition coefficient (Wildman–Crippen LogP) is 3.10. The van der Waals surface area contributed by atoms with Gasteiger partial charge in [-0.15, -0.1) is 5.10 Å². The zero-order valence-corrected chi connectivity index (χ0v) is 13.7. The summed E-state index contributed by atoms with van der Waals surface area (Å²) in [5.74, 6) is 0.713. The van der Waals surface area contributed by atoms with Gasteiger partial charge in [0.2, 0.25) is 4.77 Å². The van der Waals surface area contributed by atoms with E-state index in [1.807, 2.05) is 22.1 Å². The van der Waals surface area contributed by atoms with E-state index in [9.17, 15) is 0 Å². The van der Waals surface area contributed by atoms with Gasteiger partial charge in [0.15, 0.2) is 0 Å². The highest BCUT2D eigenvalue weighted by Crippen LogP contribution is 2.12. The van der Waals surface area contributed by atoms with Gasteiger partial charge in [0.1, 0.15) is 0 Å². The van der Waals surface area contributed by atoms with Crippen LogP contribution in [0.25, 0.3) is 5.78 Å². The first-order valence-corrected chi connectivity index (χ1v) is 8.22. The topological polar surface area (TPSA) is 38.4 Å². The third-order valence-electron chi connectivity index (χ3n) is 4.15. The first-order valence-electron chi connectivity index (χ1n) is 7.81. The third kappa shape index (κ3) is 3.16. The summed E-state index contributed by atoms with van der Waals surface area (Å²) in [6.45, 7) is 7.11. The van der Waals surface area contributed by atoms with Crippen molar-refractivity contribution < 1.29 is 0 Å². The van der Waals surface area contributed by atoms with E-state index in [0.717, 1.165) is 35.9 Å². The van der Waals surface area contributed by atoms with Gasteiger partial charge in [0.05, 0.1) is 6.67 Å². The van der Waals surface area contributed by atoms with Crippen LogP contribution < -0.4 is 0 Å². The molecule has 21 heavy (non-hydrogen) atoms. The molecule has 0 bridgehead atoms. The number of nitrogens with zero attached hydrogens (tertiary/aromatic N) is 5. The van der Waals surface area contributed by atoms with Crippen LogP contribution in [-0.4, -0.2) is 37.2 Å². The number of fused-ring (bicyclic) bond motifs is 1. The third-order valence-corrected chi connectivity index (χ3v) is 4.55. The maximum Gasteiger partial charge on any atom is 0.254 e. The molecule has 1 aliphatic rings. The van der Waals surface area contributed by atoms with E-state index in [0.29, 0.717) is 5.78 Å². The lowest BCUT2D eigenvalue weighted by Crippen LogP contribution is -2.30. The number of aromatic nitrogens is 4. The number of likely N-dealkylation sites (tertiary alicyclic amines) is 1. The quantitative estimate of drug-likeness (QED) is 0.799. The molecular formula is C15H23N5S. The molecule has 3 rings (SSSR count). The van der Waals surface area contributed by atoms with Gasteiger partial charge < -0.3 is 0 Å². The summed E-state index contributed by atoms with van der Waals surface area (Å²) >= 11 is 5.58. The van der Waals surface area contributed by atoms with Gasteiger partial charge in [-0.1, -0.05) is 19.3 Å². The Labute approximate surface area is 130 Å². The smallest absolute Gasteiger partial charge is 0.254 e. The predicted molar refractivity (Wildman–Crippen MR) is 85.9 cm³/mol. The van der Waals surface area contributed by atoms with E-state index in [1.165, 1.54) is 32.1 Å². The molecule has 114 valence electrons. The van der Waals surface area contributed by atoms with Gasteiger partial charge in [-0.05, 0) is 58.1 Å². The van der Waals surface area contributed by atoms with Crippen LogP contribution in [0, 0.1) is 18.6 Å². The highest BCUT2D eigenvalue weighted by atomic mass is 32.1. The van der Waals surface area contributed by atoms with Crippen LogP contribution in [0.5, 0.6) is 0 Å². The summed E-state index contributed by atoms with van der Waals surface area (Å²) in [7, 11) is 0. The fourth-order valence-electron chi connectivity index (χ4n) is 3.07.